The first kappa shape index (κ1) is 13.3. The predicted molar refractivity (Wildman–Crippen MR) is 62.3 cm³/mol. The van der Waals surface area contributed by atoms with E-state index >= 15 is 0 Å². The summed E-state index contributed by atoms with van der Waals surface area (Å²) >= 11 is 0. The average molecular weight is 276 g/mol. The van der Waals surface area contributed by atoms with Gasteiger partial charge in [-0.05, 0) is 12.8 Å². The van der Waals surface area contributed by atoms with Crippen molar-refractivity contribution in [3.05, 3.63) is 0 Å². The maximum Gasteiger partial charge on any atom is 0.319 e. The number of nitrogens with zero attached hydrogens (tertiary/aromatic N) is 2. The number of carbonyl (C=O) groups excluding carboxylic acids is 1. The van der Waals surface area contributed by atoms with Gasteiger partial charge < -0.3 is 10.0 Å². The minimum Gasteiger partial charge on any atom is -0.480 e. The lowest BCUT2D eigenvalue weighted by Gasteiger charge is -2.34. The molecule has 8 heteroatoms. The van der Waals surface area contributed by atoms with Crippen molar-refractivity contribution in [1.29, 1.82) is 0 Å². The number of piperazine rings is 1. The second-order valence-electron chi connectivity index (χ2n) is 4.84. The van der Waals surface area contributed by atoms with E-state index in [4.69, 9.17) is 5.11 Å². The van der Waals surface area contributed by atoms with E-state index in [1.807, 2.05) is 0 Å². The first-order valence-electron chi connectivity index (χ1n) is 5.75. The molecule has 1 aliphatic carbocycles. The summed E-state index contributed by atoms with van der Waals surface area (Å²) < 4.78 is 23.9. The highest BCUT2D eigenvalue weighted by Gasteiger charge is 2.58. The molecular weight excluding hydrogens is 260 g/mol. The topological polar surface area (TPSA) is 95.0 Å². The second kappa shape index (κ2) is 4.20. The zero-order valence-corrected chi connectivity index (χ0v) is 10.9. The van der Waals surface area contributed by atoms with Crippen molar-refractivity contribution < 1.29 is 23.1 Å². The fraction of sp³-hybridized carbons (Fsp3) is 0.800. The number of carboxylic acid groups (broad SMARTS) is 1. The molecule has 7 nitrogen and oxygen atoms in total. The van der Waals surface area contributed by atoms with Crippen molar-refractivity contribution >= 4 is 21.9 Å². The third-order valence-electron chi connectivity index (χ3n) is 3.56. The zero-order valence-electron chi connectivity index (χ0n) is 10.1. The van der Waals surface area contributed by atoms with E-state index in [0.29, 0.717) is 12.8 Å². The monoisotopic (exact) mass is 276 g/mol. The molecule has 0 unspecified atom stereocenters. The van der Waals surface area contributed by atoms with Crippen LogP contribution in [0.1, 0.15) is 12.8 Å². The van der Waals surface area contributed by atoms with Gasteiger partial charge in [-0.1, -0.05) is 0 Å². The van der Waals surface area contributed by atoms with Crippen molar-refractivity contribution in [3.63, 3.8) is 0 Å². The summed E-state index contributed by atoms with van der Waals surface area (Å²) in [6.07, 6.45) is 1.89. The van der Waals surface area contributed by atoms with Gasteiger partial charge in [0, 0.05) is 26.2 Å². The van der Waals surface area contributed by atoms with Gasteiger partial charge in [-0.15, -0.1) is 0 Å². The Kier molecular flexibility index (Phi) is 3.10. The summed E-state index contributed by atoms with van der Waals surface area (Å²) in [5.41, 5.74) is -1.23. The predicted octanol–water partition coefficient (Wildman–Crippen LogP) is -1.04. The van der Waals surface area contributed by atoms with Crippen molar-refractivity contribution in [2.24, 2.45) is 5.41 Å². The summed E-state index contributed by atoms with van der Waals surface area (Å²) in [6, 6.07) is 0. The normalized spacial score (nSPS) is 23.7. The smallest absolute Gasteiger partial charge is 0.319 e. The largest absolute Gasteiger partial charge is 0.480 e. The van der Waals surface area contributed by atoms with Crippen molar-refractivity contribution in [2.45, 2.75) is 12.8 Å². The Morgan fingerprint density at radius 1 is 1.11 bits per heavy atom. The first-order valence-corrected chi connectivity index (χ1v) is 7.60. The molecule has 0 spiro atoms. The molecule has 1 heterocycles. The molecular formula is C10H16N2O5S. The van der Waals surface area contributed by atoms with Gasteiger partial charge in [0.1, 0.15) is 5.41 Å². The van der Waals surface area contributed by atoms with E-state index in [0.717, 1.165) is 6.26 Å². The van der Waals surface area contributed by atoms with Gasteiger partial charge in [-0.25, -0.2) is 8.42 Å². The quantitative estimate of drug-likeness (QED) is 0.664. The van der Waals surface area contributed by atoms with Crippen molar-refractivity contribution in [2.75, 3.05) is 32.4 Å². The number of carboxylic acids is 1. The number of sulfonamides is 1. The summed E-state index contributed by atoms with van der Waals surface area (Å²) in [5.74, 6) is -1.44. The van der Waals surface area contributed by atoms with Gasteiger partial charge in [0.15, 0.2) is 0 Å². The summed E-state index contributed by atoms with van der Waals surface area (Å²) in [7, 11) is -3.23. The number of aliphatic carboxylic acids is 1. The zero-order chi connectivity index (χ0) is 13.6. The van der Waals surface area contributed by atoms with Gasteiger partial charge in [0.25, 0.3) is 0 Å². The Morgan fingerprint density at radius 3 is 1.94 bits per heavy atom. The Bertz CT molecular complexity index is 474. The lowest BCUT2D eigenvalue weighted by molar-refractivity contribution is -0.154. The van der Waals surface area contributed by atoms with Crippen LogP contribution in [-0.4, -0.2) is 67.0 Å². The van der Waals surface area contributed by atoms with Crippen LogP contribution in [-0.2, 0) is 19.6 Å². The first-order chi connectivity index (χ1) is 8.27. The third kappa shape index (κ3) is 2.22. The molecule has 0 atom stereocenters. The Balaban J connectivity index is 1.99. The highest BCUT2D eigenvalue weighted by atomic mass is 32.2. The van der Waals surface area contributed by atoms with Crippen LogP contribution in [0.15, 0.2) is 0 Å². The molecule has 0 aromatic rings. The standard InChI is InChI=1S/C10H16N2O5S/c1-18(16,17)12-6-4-11(5-7-12)8(13)10(2-3-10)9(14)15/h2-7H2,1H3,(H,14,15). The molecule has 0 bridgehead atoms. The van der Waals surface area contributed by atoms with Crippen LogP contribution in [0.25, 0.3) is 0 Å². The lowest BCUT2D eigenvalue weighted by Crippen LogP contribution is -2.53. The van der Waals surface area contributed by atoms with E-state index in [2.05, 4.69) is 0 Å². The van der Waals surface area contributed by atoms with Crippen LogP contribution in [0.5, 0.6) is 0 Å². The molecule has 18 heavy (non-hydrogen) atoms. The van der Waals surface area contributed by atoms with Gasteiger partial charge in [-0.3, -0.25) is 9.59 Å². The lowest BCUT2D eigenvalue weighted by atomic mass is 10.1. The van der Waals surface area contributed by atoms with E-state index in [9.17, 15) is 18.0 Å². The van der Waals surface area contributed by atoms with E-state index in [-0.39, 0.29) is 32.1 Å². The molecule has 1 aliphatic heterocycles. The number of hydrogen-bond donors (Lipinski definition) is 1. The highest BCUT2D eigenvalue weighted by Crippen LogP contribution is 2.47. The van der Waals surface area contributed by atoms with Gasteiger partial charge in [0.05, 0.1) is 6.26 Å². The fourth-order valence-electron chi connectivity index (χ4n) is 2.17. The molecule has 0 aromatic carbocycles. The maximum atomic E-state index is 12.1. The molecule has 2 fully saturated rings. The van der Waals surface area contributed by atoms with E-state index < -0.39 is 21.4 Å². The molecule has 0 aromatic heterocycles. The minimum absolute atomic E-state index is 0.236. The number of amides is 1. The average Bonchev–Trinajstić information content (AvgIpc) is 3.08. The number of hydrogen-bond acceptors (Lipinski definition) is 4. The molecule has 1 amide bonds. The van der Waals surface area contributed by atoms with Crippen LogP contribution >= 0.6 is 0 Å². The molecule has 102 valence electrons. The van der Waals surface area contributed by atoms with Crippen LogP contribution in [0.2, 0.25) is 0 Å². The van der Waals surface area contributed by atoms with Crippen LogP contribution in [0.3, 0.4) is 0 Å². The summed E-state index contributed by atoms with van der Waals surface area (Å²) in [6.45, 7) is 1.00. The summed E-state index contributed by atoms with van der Waals surface area (Å²) in [5, 5.41) is 9.03. The molecule has 2 aliphatic rings. The Hall–Kier alpha value is -1.15. The van der Waals surface area contributed by atoms with E-state index in [1.165, 1.54) is 9.21 Å². The third-order valence-corrected chi connectivity index (χ3v) is 4.87. The molecule has 1 saturated carbocycles. The molecule has 2 rings (SSSR count). The second-order valence-corrected chi connectivity index (χ2v) is 6.82. The van der Waals surface area contributed by atoms with Crippen LogP contribution in [0, 0.1) is 5.41 Å². The number of carbonyl (C=O) groups is 2. The molecule has 0 radical (unpaired) electrons. The number of rotatable bonds is 3. The van der Waals surface area contributed by atoms with Gasteiger partial charge in [-0.2, -0.15) is 4.31 Å². The Labute approximate surface area is 105 Å². The van der Waals surface area contributed by atoms with Crippen molar-refractivity contribution in [3.8, 4) is 0 Å². The van der Waals surface area contributed by atoms with Crippen LogP contribution < -0.4 is 0 Å². The van der Waals surface area contributed by atoms with Gasteiger partial charge >= 0.3 is 5.97 Å². The van der Waals surface area contributed by atoms with Crippen LogP contribution in [0.4, 0.5) is 0 Å². The van der Waals surface area contributed by atoms with Crippen molar-refractivity contribution in [1.82, 2.24) is 9.21 Å². The summed E-state index contributed by atoms with van der Waals surface area (Å²) in [4.78, 5) is 24.6. The maximum absolute atomic E-state index is 12.1. The Morgan fingerprint density at radius 2 is 1.61 bits per heavy atom. The molecule has 1 saturated heterocycles. The fourth-order valence-corrected chi connectivity index (χ4v) is 3.00. The molecule has 1 N–H and O–H groups in total. The SMILES string of the molecule is CS(=O)(=O)N1CCN(C(=O)C2(C(=O)O)CC2)CC1. The van der Waals surface area contributed by atoms with E-state index in [1.54, 1.807) is 0 Å². The van der Waals surface area contributed by atoms with Gasteiger partial charge in [0.2, 0.25) is 15.9 Å². The highest BCUT2D eigenvalue weighted by molar-refractivity contribution is 7.88. The minimum atomic E-state index is -3.23.